The Morgan fingerprint density at radius 2 is 0.952 bits per heavy atom. The number of nitrogens with zero attached hydrogens (tertiary/aromatic N) is 2. The zero-order valence-corrected chi connectivity index (χ0v) is 35.1. The van der Waals surface area contributed by atoms with Crippen LogP contribution < -0.4 is 10.6 Å². The van der Waals surface area contributed by atoms with Gasteiger partial charge in [-0.25, -0.2) is 0 Å². The predicted molar refractivity (Wildman–Crippen MR) is 212 cm³/mol. The third-order valence-corrected chi connectivity index (χ3v) is 11.4. The minimum absolute atomic E-state index is 0.239. The van der Waals surface area contributed by atoms with Crippen LogP contribution in [0.3, 0.4) is 0 Å². The highest BCUT2D eigenvalue weighted by molar-refractivity contribution is 8.16. The van der Waals surface area contributed by atoms with E-state index in [-0.39, 0.29) is 13.1 Å². The molecule has 0 aromatic rings. The lowest BCUT2D eigenvalue weighted by atomic mass is 9.98. The number of rotatable bonds is 30. The summed E-state index contributed by atoms with van der Waals surface area (Å²) in [6.07, 6.45) is -31.3. The summed E-state index contributed by atoms with van der Waals surface area (Å²) in [5.74, 6) is -0.177. The highest BCUT2D eigenvalue weighted by Gasteiger charge is 2.48. The fourth-order valence-corrected chi connectivity index (χ4v) is 7.35. The Morgan fingerprint density at radius 3 is 1.29 bits per heavy atom. The number of carbonyl (C=O) groups is 2. The standard InChI is InChI=1S/C33H60N4O24S2/c38-7-16(44)30(60-32-28(54)26(52)24(50)18(9-40)58-32)22(48)14(42)5-36-56-11-20(46)34-1-3-62-13-63-4-2-35-21(47)12-57-37-6-15(43)23(49)31(17(45)8-39)61-33-29(55)27(53)25(51)19(10-41)59-33/h5-6,14-19,22-33,38-45,48-55H,1-4,7-13H2,(H,34,46)(H,35,47)/t14-,15-,16?,17?,18?,19?,22?,23?,24-,25-,26+,27+,28?,29?,30-,31-,32+,33+/m1/s1. The number of hydrogen-bond donors (Lipinski definition) is 18. The highest BCUT2D eigenvalue weighted by Crippen LogP contribution is 2.26. The van der Waals surface area contributed by atoms with Crippen molar-refractivity contribution < 1.29 is 120 Å². The number of nitrogens with one attached hydrogen (secondary N) is 2. The smallest absolute Gasteiger partial charge is 0.260 e. The van der Waals surface area contributed by atoms with Crippen molar-refractivity contribution in [3.8, 4) is 0 Å². The van der Waals surface area contributed by atoms with Crippen molar-refractivity contribution in [1.29, 1.82) is 0 Å². The first kappa shape index (κ1) is 56.9. The Hall–Kier alpha value is -2.22. The first-order valence-corrected chi connectivity index (χ1v) is 21.5. The highest BCUT2D eigenvalue weighted by atomic mass is 32.2. The largest absolute Gasteiger partial charge is 0.394 e. The minimum Gasteiger partial charge on any atom is -0.394 e. The Labute approximate surface area is 367 Å². The van der Waals surface area contributed by atoms with Gasteiger partial charge in [-0.15, -0.1) is 23.5 Å². The van der Waals surface area contributed by atoms with E-state index in [0.29, 0.717) is 29.0 Å². The lowest BCUT2D eigenvalue weighted by Gasteiger charge is -2.42. The zero-order valence-electron chi connectivity index (χ0n) is 33.5. The molecular weight excluding hydrogens is 901 g/mol. The summed E-state index contributed by atoms with van der Waals surface area (Å²) in [6.45, 7) is -4.25. The molecule has 2 heterocycles. The molecule has 0 radical (unpaired) electrons. The van der Waals surface area contributed by atoms with Gasteiger partial charge >= 0.3 is 0 Å². The molecule has 18 atom stereocenters. The summed E-state index contributed by atoms with van der Waals surface area (Å²) in [6, 6.07) is 0. The van der Waals surface area contributed by atoms with Gasteiger partial charge in [0.2, 0.25) is 0 Å². The molecule has 28 nitrogen and oxygen atoms in total. The van der Waals surface area contributed by atoms with Crippen molar-refractivity contribution in [1.82, 2.24) is 10.6 Å². The van der Waals surface area contributed by atoms with Crippen LogP contribution in [0.5, 0.6) is 0 Å². The van der Waals surface area contributed by atoms with Crippen LogP contribution >= 0.6 is 23.5 Å². The summed E-state index contributed by atoms with van der Waals surface area (Å²) in [5.41, 5.74) is 0. The van der Waals surface area contributed by atoms with Crippen molar-refractivity contribution in [2.75, 3.05) is 69.3 Å². The number of ether oxygens (including phenoxy) is 4. The molecule has 2 fully saturated rings. The minimum atomic E-state index is -2.03. The SMILES string of the molecule is O=C(CON=C[C@@H](O)C(O)[C@H](O[C@@H]1OC(CO)[C@@H](O)[C@H](O)C1O)C(O)CO)NCCSCSCCNC(=O)CON=C[C@@H](O)C(O)[C@H](O[C@@H]1OC(CO)[C@@H](O)[C@H](O)C1O)C(O)CO. The fourth-order valence-electron chi connectivity index (χ4n) is 5.45. The summed E-state index contributed by atoms with van der Waals surface area (Å²) in [7, 11) is 0. The number of hydrogen-bond acceptors (Lipinski definition) is 28. The third-order valence-electron chi connectivity index (χ3n) is 9.06. The van der Waals surface area contributed by atoms with Crippen LogP contribution in [0.25, 0.3) is 0 Å². The molecule has 368 valence electrons. The van der Waals surface area contributed by atoms with E-state index in [4.69, 9.17) is 28.6 Å². The van der Waals surface area contributed by atoms with Gasteiger partial charge in [0.1, 0.15) is 97.7 Å². The molecule has 0 spiro atoms. The number of thioether (sulfide) groups is 2. The Morgan fingerprint density at radius 1 is 0.587 bits per heavy atom. The molecule has 0 saturated carbocycles. The molecule has 2 saturated heterocycles. The first-order chi connectivity index (χ1) is 29.9. The fraction of sp³-hybridized carbons (Fsp3) is 0.879. The van der Waals surface area contributed by atoms with Crippen LogP contribution in [0.15, 0.2) is 10.3 Å². The second kappa shape index (κ2) is 30.1. The number of aliphatic hydroxyl groups excluding tert-OH is 16. The van der Waals surface area contributed by atoms with Crippen LogP contribution in [0.4, 0.5) is 0 Å². The van der Waals surface area contributed by atoms with Crippen molar-refractivity contribution >= 4 is 47.8 Å². The van der Waals surface area contributed by atoms with Crippen molar-refractivity contribution in [3.63, 3.8) is 0 Å². The molecular formula is C33H60N4O24S2. The van der Waals surface area contributed by atoms with E-state index in [1.807, 2.05) is 0 Å². The van der Waals surface area contributed by atoms with E-state index < -0.39 is 162 Å². The second-order valence-electron chi connectivity index (χ2n) is 13.7. The van der Waals surface area contributed by atoms with E-state index in [1.54, 1.807) is 0 Å². The Kier molecular flexibility index (Phi) is 27.2. The molecule has 0 aliphatic carbocycles. The molecule has 0 aromatic heterocycles. The molecule has 0 aromatic carbocycles. The average molecular weight is 961 g/mol. The summed E-state index contributed by atoms with van der Waals surface area (Å²) >= 11 is 2.92. The van der Waals surface area contributed by atoms with Gasteiger partial charge in [-0.2, -0.15) is 0 Å². The quantitative estimate of drug-likeness (QED) is 0.0138. The van der Waals surface area contributed by atoms with E-state index in [1.165, 1.54) is 23.5 Å². The number of aliphatic hydroxyl groups is 16. The second-order valence-corrected chi connectivity index (χ2v) is 16.3. The van der Waals surface area contributed by atoms with Crippen LogP contribution in [-0.4, -0.2) is 286 Å². The summed E-state index contributed by atoms with van der Waals surface area (Å²) in [4.78, 5) is 33.7. The molecule has 2 amide bonds. The maximum atomic E-state index is 12.0. The van der Waals surface area contributed by atoms with Crippen molar-refractivity contribution in [2.45, 2.75) is 110 Å². The third kappa shape index (κ3) is 18.5. The van der Waals surface area contributed by atoms with E-state index in [9.17, 15) is 91.3 Å². The maximum absolute atomic E-state index is 12.0. The Balaban J connectivity index is 1.60. The maximum Gasteiger partial charge on any atom is 0.260 e. The molecule has 8 unspecified atom stereocenters. The number of amides is 2. The normalized spacial score (nSPS) is 30.5. The van der Waals surface area contributed by atoms with Gasteiger partial charge in [-0.1, -0.05) is 10.3 Å². The monoisotopic (exact) mass is 960 g/mol. The first-order valence-electron chi connectivity index (χ1n) is 19.2. The van der Waals surface area contributed by atoms with Crippen LogP contribution in [0.2, 0.25) is 0 Å². The Bertz CT molecular complexity index is 1250. The van der Waals surface area contributed by atoms with Crippen molar-refractivity contribution in [2.24, 2.45) is 10.3 Å². The molecule has 2 aliphatic heterocycles. The lowest BCUT2D eigenvalue weighted by Crippen LogP contribution is -2.61. The van der Waals surface area contributed by atoms with Gasteiger partial charge < -0.3 is 121 Å². The van der Waals surface area contributed by atoms with Gasteiger partial charge in [0.25, 0.3) is 11.8 Å². The van der Waals surface area contributed by atoms with Crippen LogP contribution in [0, 0.1) is 0 Å². The summed E-state index contributed by atoms with van der Waals surface area (Å²) in [5, 5.41) is 172. The lowest BCUT2D eigenvalue weighted by molar-refractivity contribution is -0.326. The molecule has 63 heavy (non-hydrogen) atoms. The topological polar surface area (TPSA) is 462 Å². The average Bonchev–Trinajstić information content (AvgIpc) is 3.28. The zero-order chi connectivity index (χ0) is 47.2. The van der Waals surface area contributed by atoms with Gasteiger partial charge in [-0.05, 0) is 0 Å². The van der Waals surface area contributed by atoms with E-state index in [2.05, 4.69) is 20.9 Å². The van der Waals surface area contributed by atoms with E-state index in [0.717, 1.165) is 0 Å². The predicted octanol–water partition coefficient (Wildman–Crippen LogP) is -10.8. The molecule has 18 N–H and O–H groups in total. The van der Waals surface area contributed by atoms with E-state index >= 15 is 0 Å². The van der Waals surface area contributed by atoms with Gasteiger partial charge in [0, 0.05) is 29.7 Å². The molecule has 2 rings (SSSR count). The number of carbonyl (C=O) groups excluding carboxylic acids is 2. The van der Waals surface area contributed by atoms with Crippen LogP contribution in [-0.2, 0) is 38.2 Å². The van der Waals surface area contributed by atoms with Crippen molar-refractivity contribution in [3.05, 3.63) is 0 Å². The molecule has 0 bridgehead atoms. The van der Waals surface area contributed by atoms with Gasteiger partial charge in [-0.3, -0.25) is 9.59 Å². The summed E-state index contributed by atoms with van der Waals surface area (Å²) < 4.78 is 20.9. The van der Waals surface area contributed by atoms with Gasteiger partial charge in [0.05, 0.1) is 38.9 Å². The molecule has 30 heteroatoms. The molecule has 2 aliphatic rings. The van der Waals surface area contributed by atoms with Gasteiger partial charge in [0.15, 0.2) is 25.8 Å². The van der Waals surface area contributed by atoms with Crippen LogP contribution in [0.1, 0.15) is 0 Å². The number of oxime groups is 2.